The van der Waals surface area contributed by atoms with E-state index in [0.29, 0.717) is 0 Å². The van der Waals surface area contributed by atoms with Crippen LogP contribution in [0.5, 0.6) is 0 Å². The molecule has 0 aliphatic carbocycles. The third-order valence-corrected chi connectivity index (χ3v) is 1.31. The van der Waals surface area contributed by atoms with Crippen LogP contribution in [0.3, 0.4) is 0 Å². The minimum Gasteiger partial charge on any atom is -0.396 e. The van der Waals surface area contributed by atoms with Crippen molar-refractivity contribution >= 4 is 0 Å². The second-order valence-electron chi connectivity index (χ2n) is 2.72. The van der Waals surface area contributed by atoms with Crippen molar-refractivity contribution in [3.05, 3.63) is 0 Å². The molecule has 0 bridgehead atoms. The molecule has 0 aliphatic heterocycles. The number of terminal acetylenes is 1. The van der Waals surface area contributed by atoms with Crippen LogP contribution >= 0.6 is 0 Å². The molecule has 2 N–H and O–H groups in total. The molecule has 1 atom stereocenters. The Morgan fingerprint density at radius 3 is 2.22 bits per heavy atom. The summed E-state index contributed by atoms with van der Waals surface area (Å²) >= 11 is 0. The second kappa shape index (κ2) is 2.86. The van der Waals surface area contributed by atoms with Crippen molar-refractivity contribution in [2.75, 3.05) is 6.61 Å². The van der Waals surface area contributed by atoms with Gasteiger partial charge >= 0.3 is 0 Å². The lowest BCUT2D eigenvalue weighted by molar-refractivity contribution is 0.0442. The molecule has 0 rings (SSSR count). The Morgan fingerprint density at radius 2 is 2.11 bits per heavy atom. The van der Waals surface area contributed by atoms with Crippen molar-refractivity contribution < 1.29 is 10.2 Å². The zero-order valence-electron chi connectivity index (χ0n) is 5.76. The van der Waals surface area contributed by atoms with Crippen LogP contribution in [0.2, 0.25) is 0 Å². The Balaban J connectivity index is 4.01. The van der Waals surface area contributed by atoms with Gasteiger partial charge in [-0.05, 0) is 0 Å². The molecule has 0 aliphatic rings. The van der Waals surface area contributed by atoms with E-state index in [2.05, 4.69) is 5.92 Å². The van der Waals surface area contributed by atoms with E-state index >= 15 is 0 Å². The molecular formula is C7H12O2. The van der Waals surface area contributed by atoms with Gasteiger partial charge in [0.2, 0.25) is 0 Å². The SMILES string of the molecule is C#CC(O)C(C)(C)CO. The summed E-state index contributed by atoms with van der Waals surface area (Å²) in [6, 6.07) is 0. The lowest BCUT2D eigenvalue weighted by atomic mass is 9.88. The van der Waals surface area contributed by atoms with Crippen molar-refractivity contribution in [1.29, 1.82) is 0 Å². The molecule has 52 valence electrons. The molecule has 0 heterocycles. The number of hydrogen-bond donors (Lipinski definition) is 2. The van der Waals surface area contributed by atoms with Crippen LogP contribution in [0.25, 0.3) is 0 Å². The van der Waals surface area contributed by atoms with Crippen LogP contribution in [-0.2, 0) is 0 Å². The third-order valence-electron chi connectivity index (χ3n) is 1.31. The average Bonchev–Trinajstić information content (AvgIpc) is 1.86. The van der Waals surface area contributed by atoms with Crippen LogP contribution in [0.4, 0.5) is 0 Å². The van der Waals surface area contributed by atoms with Crippen molar-refractivity contribution in [2.24, 2.45) is 5.41 Å². The quantitative estimate of drug-likeness (QED) is 0.514. The highest BCUT2D eigenvalue weighted by atomic mass is 16.3. The minimum absolute atomic E-state index is 0.0988. The second-order valence-corrected chi connectivity index (χ2v) is 2.72. The predicted octanol–water partition coefficient (Wildman–Crippen LogP) is -0.00100. The summed E-state index contributed by atoms with van der Waals surface area (Å²) in [7, 11) is 0. The van der Waals surface area contributed by atoms with Crippen LogP contribution in [0.15, 0.2) is 0 Å². The van der Waals surface area contributed by atoms with Crippen molar-refractivity contribution in [3.63, 3.8) is 0 Å². The van der Waals surface area contributed by atoms with Crippen LogP contribution in [0, 0.1) is 17.8 Å². The Bertz CT molecular complexity index is 121. The Kier molecular flexibility index (Phi) is 2.69. The number of aliphatic hydroxyl groups is 2. The monoisotopic (exact) mass is 128 g/mol. The predicted molar refractivity (Wildman–Crippen MR) is 35.7 cm³/mol. The summed E-state index contributed by atoms with van der Waals surface area (Å²) in [5, 5.41) is 17.6. The molecule has 1 unspecified atom stereocenters. The van der Waals surface area contributed by atoms with Crippen LogP contribution in [0.1, 0.15) is 13.8 Å². The number of rotatable bonds is 2. The molecular weight excluding hydrogens is 116 g/mol. The standard InChI is InChI=1S/C7H12O2/c1-4-6(9)7(2,3)5-8/h1,6,8-9H,5H2,2-3H3. The summed E-state index contributed by atoms with van der Waals surface area (Å²) in [4.78, 5) is 0. The molecule has 0 saturated heterocycles. The van der Waals surface area contributed by atoms with E-state index < -0.39 is 11.5 Å². The molecule has 9 heavy (non-hydrogen) atoms. The lowest BCUT2D eigenvalue weighted by Gasteiger charge is -2.23. The Morgan fingerprint density at radius 1 is 1.67 bits per heavy atom. The fourth-order valence-electron chi connectivity index (χ4n) is 0.312. The van der Waals surface area contributed by atoms with E-state index in [4.69, 9.17) is 16.6 Å². The Labute approximate surface area is 55.5 Å². The highest BCUT2D eigenvalue weighted by molar-refractivity contribution is 5.00. The molecule has 2 heteroatoms. The molecule has 0 spiro atoms. The van der Waals surface area contributed by atoms with Gasteiger partial charge in [-0.25, -0.2) is 0 Å². The molecule has 0 saturated carbocycles. The lowest BCUT2D eigenvalue weighted by Crippen LogP contribution is -2.31. The molecule has 0 aromatic rings. The number of hydrogen-bond acceptors (Lipinski definition) is 2. The largest absolute Gasteiger partial charge is 0.396 e. The van der Waals surface area contributed by atoms with E-state index in [1.165, 1.54) is 0 Å². The van der Waals surface area contributed by atoms with E-state index in [1.54, 1.807) is 13.8 Å². The third kappa shape index (κ3) is 2.05. The smallest absolute Gasteiger partial charge is 0.121 e. The highest BCUT2D eigenvalue weighted by Gasteiger charge is 2.24. The van der Waals surface area contributed by atoms with Gasteiger partial charge in [-0.3, -0.25) is 0 Å². The first-order chi connectivity index (χ1) is 4.04. The minimum atomic E-state index is -0.859. The molecule has 0 aromatic carbocycles. The zero-order valence-corrected chi connectivity index (χ0v) is 5.76. The fraction of sp³-hybridized carbons (Fsp3) is 0.714. The zero-order chi connectivity index (χ0) is 7.49. The number of aliphatic hydroxyl groups excluding tert-OH is 2. The molecule has 0 radical (unpaired) electrons. The van der Waals surface area contributed by atoms with Gasteiger partial charge in [0.05, 0.1) is 6.61 Å². The Hall–Kier alpha value is -0.520. The molecule has 0 fully saturated rings. The maximum atomic E-state index is 8.99. The van der Waals surface area contributed by atoms with E-state index in [9.17, 15) is 0 Å². The summed E-state index contributed by atoms with van der Waals surface area (Å²) in [6.45, 7) is 3.31. The maximum Gasteiger partial charge on any atom is 0.121 e. The highest BCUT2D eigenvalue weighted by Crippen LogP contribution is 2.18. The first kappa shape index (κ1) is 8.48. The molecule has 2 nitrogen and oxygen atoms in total. The van der Waals surface area contributed by atoms with Crippen molar-refractivity contribution in [2.45, 2.75) is 20.0 Å². The summed E-state index contributed by atoms with van der Waals surface area (Å²) in [6.07, 6.45) is 4.06. The molecule has 0 aromatic heterocycles. The van der Waals surface area contributed by atoms with Gasteiger partial charge in [0, 0.05) is 5.41 Å². The van der Waals surface area contributed by atoms with Crippen molar-refractivity contribution in [1.82, 2.24) is 0 Å². The van der Waals surface area contributed by atoms with E-state index in [-0.39, 0.29) is 6.61 Å². The van der Waals surface area contributed by atoms with Crippen LogP contribution < -0.4 is 0 Å². The van der Waals surface area contributed by atoms with Gasteiger partial charge < -0.3 is 10.2 Å². The van der Waals surface area contributed by atoms with Crippen molar-refractivity contribution in [3.8, 4) is 12.3 Å². The van der Waals surface area contributed by atoms with Gasteiger partial charge in [-0.15, -0.1) is 6.42 Å². The van der Waals surface area contributed by atoms with Gasteiger partial charge in [0.25, 0.3) is 0 Å². The average molecular weight is 128 g/mol. The van der Waals surface area contributed by atoms with Crippen LogP contribution in [-0.4, -0.2) is 22.9 Å². The topological polar surface area (TPSA) is 40.5 Å². The molecule has 0 amide bonds. The first-order valence-corrected chi connectivity index (χ1v) is 2.79. The van der Waals surface area contributed by atoms with E-state index in [1.807, 2.05) is 0 Å². The normalized spacial score (nSPS) is 14.6. The van der Waals surface area contributed by atoms with Gasteiger partial charge in [-0.2, -0.15) is 0 Å². The van der Waals surface area contributed by atoms with Gasteiger partial charge in [-0.1, -0.05) is 19.8 Å². The summed E-state index contributed by atoms with van der Waals surface area (Å²) in [5.74, 6) is 2.15. The fourth-order valence-corrected chi connectivity index (χ4v) is 0.312. The summed E-state index contributed by atoms with van der Waals surface area (Å²) in [5.41, 5.74) is -0.575. The first-order valence-electron chi connectivity index (χ1n) is 2.79. The summed E-state index contributed by atoms with van der Waals surface area (Å²) < 4.78 is 0. The van der Waals surface area contributed by atoms with Gasteiger partial charge in [0.1, 0.15) is 6.10 Å². The van der Waals surface area contributed by atoms with Gasteiger partial charge in [0.15, 0.2) is 0 Å². The maximum absolute atomic E-state index is 8.99. The van der Waals surface area contributed by atoms with E-state index in [0.717, 1.165) is 0 Å².